The van der Waals surface area contributed by atoms with Crippen molar-refractivity contribution in [2.24, 2.45) is 5.14 Å². The number of aromatic nitrogens is 5. The van der Waals surface area contributed by atoms with Crippen LogP contribution in [0.3, 0.4) is 0 Å². The summed E-state index contributed by atoms with van der Waals surface area (Å²) in [6.45, 7) is 2.31. The summed E-state index contributed by atoms with van der Waals surface area (Å²) in [4.78, 5) is 18.5. The van der Waals surface area contributed by atoms with E-state index in [-0.39, 0.29) is 6.61 Å². The lowest BCUT2D eigenvalue weighted by atomic mass is 10.1. The molecular formula is C23H24N6O6S. The Hall–Kier alpha value is -3.81. The maximum Gasteiger partial charge on any atom is 0.217 e. The van der Waals surface area contributed by atoms with E-state index in [1.165, 1.54) is 6.20 Å². The topological polar surface area (TPSA) is 154 Å². The van der Waals surface area contributed by atoms with E-state index in [9.17, 15) is 8.42 Å². The highest BCUT2D eigenvalue weighted by Gasteiger charge is 2.43. The molecule has 1 aliphatic rings. The summed E-state index contributed by atoms with van der Waals surface area (Å²) in [5, 5.41) is 4.46. The number of hydrogen-bond donors (Lipinski definition) is 1. The summed E-state index contributed by atoms with van der Waals surface area (Å²) >= 11 is 0. The van der Waals surface area contributed by atoms with Crippen LogP contribution in [0.2, 0.25) is 0 Å². The van der Waals surface area contributed by atoms with E-state index >= 15 is 0 Å². The lowest BCUT2D eigenvalue weighted by molar-refractivity contribution is -0.0496. The van der Waals surface area contributed by atoms with Gasteiger partial charge in [0.15, 0.2) is 17.1 Å². The number of rotatable bonds is 8. The number of sulfonamides is 1. The number of hydrogen-bond acceptors (Lipinski definition) is 10. The molecule has 2 unspecified atom stereocenters. The Morgan fingerprint density at radius 2 is 1.81 bits per heavy atom. The molecule has 1 fully saturated rings. The lowest BCUT2D eigenvalue weighted by Crippen LogP contribution is -2.47. The molecule has 2 N–H and O–H groups in total. The monoisotopic (exact) mass is 512 g/mol. The second kappa shape index (κ2) is 9.33. The molecule has 0 bridgehead atoms. The molecular weight excluding hydrogens is 488 g/mol. The minimum atomic E-state index is -3.83. The van der Waals surface area contributed by atoms with Crippen molar-refractivity contribution >= 4 is 21.3 Å². The normalized spacial score (nSPS) is 17.6. The summed E-state index contributed by atoms with van der Waals surface area (Å²) < 4.78 is 48.0. The molecule has 4 heterocycles. The van der Waals surface area contributed by atoms with Crippen molar-refractivity contribution in [2.45, 2.75) is 18.3 Å². The summed E-state index contributed by atoms with van der Waals surface area (Å²) in [6.07, 6.45) is 0.595. The molecule has 2 atom stereocenters. The van der Waals surface area contributed by atoms with E-state index in [4.69, 9.17) is 34.1 Å². The fraction of sp³-hybridized carbons (Fsp3) is 0.304. The van der Waals surface area contributed by atoms with Crippen LogP contribution in [0, 0.1) is 0 Å². The number of para-hydroxylation sites is 1. The van der Waals surface area contributed by atoms with Crippen LogP contribution in [0.4, 0.5) is 0 Å². The van der Waals surface area contributed by atoms with Gasteiger partial charge in [-0.15, -0.1) is 0 Å². The van der Waals surface area contributed by atoms with Gasteiger partial charge < -0.3 is 18.9 Å². The Bertz CT molecular complexity index is 1520. The lowest BCUT2D eigenvalue weighted by Gasteiger charge is -2.34. The Balaban J connectivity index is 1.78. The van der Waals surface area contributed by atoms with Crippen LogP contribution in [0.1, 0.15) is 18.7 Å². The number of nitrogens with zero attached hydrogens (tertiary/aromatic N) is 5. The molecule has 5 rings (SSSR count). The molecule has 13 heteroatoms. The van der Waals surface area contributed by atoms with Crippen molar-refractivity contribution in [1.29, 1.82) is 0 Å². The molecule has 0 saturated carbocycles. The van der Waals surface area contributed by atoms with Gasteiger partial charge in [-0.25, -0.2) is 33.5 Å². The molecule has 1 saturated heterocycles. The first-order chi connectivity index (χ1) is 17.4. The Kier molecular flexibility index (Phi) is 6.20. The van der Waals surface area contributed by atoms with E-state index in [0.717, 1.165) is 0 Å². The number of ether oxygens (including phenoxy) is 4. The molecule has 12 nitrogen and oxygen atoms in total. The Labute approximate surface area is 207 Å². The van der Waals surface area contributed by atoms with Gasteiger partial charge in [0.25, 0.3) is 0 Å². The van der Waals surface area contributed by atoms with Gasteiger partial charge in [-0.2, -0.15) is 0 Å². The zero-order chi connectivity index (χ0) is 25.4. The fourth-order valence-electron chi connectivity index (χ4n) is 4.02. The van der Waals surface area contributed by atoms with Crippen LogP contribution in [-0.4, -0.2) is 65.6 Å². The maximum atomic E-state index is 12.0. The Morgan fingerprint density at radius 3 is 2.42 bits per heavy atom. The molecule has 4 aromatic rings. The third-order valence-electron chi connectivity index (χ3n) is 5.75. The summed E-state index contributed by atoms with van der Waals surface area (Å²) in [6, 6.07) is 10.7. The SMILES string of the molecule is CCOc1cccc(-c2nc3ncc(C4OCC4S(N)(=O)=O)nc3n2-c2c(OC)cccc2OC)n1. The second-order valence-corrected chi connectivity index (χ2v) is 9.68. The number of methoxy groups -OCH3 is 2. The van der Waals surface area contributed by atoms with Gasteiger partial charge in [-0.1, -0.05) is 12.1 Å². The third-order valence-corrected chi connectivity index (χ3v) is 6.98. The van der Waals surface area contributed by atoms with E-state index in [0.29, 0.717) is 58.2 Å². The van der Waals surface area contributed by atoms with Crippen molar-refractivity contribution < 1.29 is 27.4 Å². The summed E-state index contributed by atoms with van der Waals surface area (Å²) in [5.74, 6) is 1.82. The number of benzene rings is 1. The molecule has 0 spiro atoms. The average molecular weight is 513 g/mol. The van der Waals surface area contributed by atoms with Crippen molar-refractivity contribution in [3.05, 3.63) is 48.3 Å². The van der Waals surface area contributed by atoms with Gasteiger partial charge in [-0.3, -0.25) is 4.57 Å². The predicted molar refractivity (Wildman–Crippen MR) is 130 cm³/mol. The second-order valence-electron chi connectivity index (χ2n) is 7.90. The molecule has 3 aromatic heterocycles. The van der Waals surface area contributed by atoms with Gasteiger partial charge in [0.1, 0.15) is 34.2 Å². The maximum absolute atomic E-state index is 12.0. The molecule has 36 heavy (non-hydrogen) atoms. The van der Waals surface area contributed by atoms with Crippen LogP contribution in [0.5, 0.6) is 17.4 Å². The van der Waals surface area contributed by atoms with Crippen LogP contribution in [0.25, 0.3) is 28.5 Å². The first kappa shape index (κ1) is 23.9. The number of primary sulfonamides is 1. The molecule has 188 valence electrons. The highest BCUT2D eigenvalue weighted by atomic mass is 32.2. The first-order valence-electron chi connectivity index (χ1n) is 11.1. The summed E-state index contributed by atoms with van der Waals surface area (Å²) in [7, 11) is -0.742. The van der Waals surface area contributed by atoms with Gasteiger partial charge in [0.2, 0.25) is 15.9 Å². The Morgan fingerprint density at radius 1 is 1.08 bits per heavy atom. The molecule has 1 aliphatic heterocycles. The zero-order valence-electron chi connectivity index (χ0n) is 19.8. The molecule has 1 aromatic carbocycles. The van der Waals surface area contributed by atoms with Crippen molar-refractivity contribution in [3.63, 3.8) is 0 Å². The number of imidazole rings is 1. The number of nitrogens with two attached hydrogens (primary N) is 1. The van der Waals surface area contributed by atoms with E-state index in [1.807, 2.05) is 13.0 Å². The predicted octanol–water partition coefficient (Wildman–Crippen LogP) is 2.02. The van der Waals surface area contributed by atoms with Crippen molar-refractivity contribution in [1.82, 2.24) is 24.5 Å². The third kappa shape index (κ3) is 4.10. The standard InChI is InChI=1S/C23H24N6O6S/c1-4-34-18-10-5-7-13(26-18)22-28-21-23(29(22)19-15(32-2)8-6-9-16(19)33-3)27-14(11-25-21)20-17(12-35-20)36(24,30)31/h5-11,17,20H,4,12H2,1-3H3,(H2,24,30,31). The number of fused-ring (bicyclic) bond motifs is 1. The fourth-order valence-corrected chi connectivity index (χ4v) is 4.85. The van der Waals surface area contributed by atoms with E-state index < -0.39 is 21.4 Å². The first-order valence-corrected chi connectivity index (χ1v) is 12.7. The van der Waals surface area contributed by atoms with Crippen molar-refractivity contribution in [2.75, 3.05) is 27.4 Å². The van der Waals surface area contributed by atoms with Crippen molar-refractivity contribution in [3.8, 4) is 34.6 Å². The average Bonchev–Trinajstić information content (AvgIpc) is 3.20. The number of pyridine rings is 1. The van der Waals surface area contributed by atoms with Crippen LogP contribution < -0.4 is 19.3 Å². The largest absolute Gasteiger partial charge is 0.494 e. The highest BCUT2D eigenvalue weighted by Crippen LogP contribution is 2.39. The minimum Gasteiger partial charge on any atom is -0.494 e. The van der Waals surface area contributed by atoms with Crippen LogP contribution in [-0.2, 0) is 14.8 Å². The summed E-state index contributed by atoms with van der Waals surface area (Å²) in [5.41, 5.74) is 1.96. The minimum absolute atomic E-state index is 0.0117. The molecule has 0 radical (unpaired) electrons. The smallest absolute Gasteiger partial charge is 0.217 e. The van der Waals surface area contributed by atoms with E-state index in [1.54, 1.807) is 49.1 Å². The van der Waals surface area contributed by atoms with Crippen LogP contribution >= 0.6 is 0 Å². The van der Waals surface area contributed by atoms with Crippen LogP contribution in [0.15, 0.2) is 42.6 Å². The van der Waals surface area contributed by atoms with E-state index in [2.05, 4.69) is 9.97 Å². The van der Waals surface area contributed by atoms with Gasteiger partial charge in [0, 0.05) is 6.07 Å². The van der Waals surface area contributed by atoms with Gasteiger partial charge >= 0.3 is 0 Å². The van der Waals surface area contributed by atoms with Gasteiger partial charge in [0.05, 0.1) is 39.3 Å². The molecule has 0 aliphatic carbocycles. The quantitative estimate of drug-likeness (QED) is 0.371. The highest BCUT2D eigenvalue weighted by molar-refractivity contribution is 7.89. The van der Waals surface area contributed by atoms with Gasteiger partial charge in [-0.05, 0) is 25.1 Å². The zero-order valence-corrected chi connectivity index (χ0v) is 20.6. The molecule has 0 amide bonds.